The molecule has 1 N–H and O–H groups in total. The van der Waals surface area contributed by atoms with Crippen LogP contribution in [0.4, 0.5) is 14.6 Å². The molecule has 1 aromatic carbocycles. The molecule has 4 atom stereocenters. The van der Waals surface area contributed by atoms with E-state index in [0.29, 0.717) is 43.3 Å². The number of imidazole rings is 1. The Morgan fingerprint density at radius 2 is 1.98 bits per heavy atom. The normalized spacial score (nSPS) is 23.6. The third-order valence-corrected chi connectivity index (χ3v) is 8.96. The number of aliphatic carboxylic acids is 1. The van der Waals surface area contributed by atoms with Crippen LogP contribution in [0.2, 0.25) is 0 Å². The second-order valence-electron chi connectivity index (χ2n) is 11.8. The SMILES string of the molecule is CC(=O)N1CC[C@@H](n2c(O[C@H]3C[C@@H](C(=O)O)N(c4nc(C(F)F)nc5c6c(oc45)CCC=C6)C3)nc3ccccc32)[C@H](C)C1. The van der Waals surface area contributed by atoms with Gasteiger partial charge in [-0.1, -0.05) is 31.2 Å². The lowest BCUT2D eigenvalue weighted by Crippen LogP contribution is -2.42. The molecule has 3 aromatic heterocycles. The highest BCUT2D eigenvalue weighted by atomic mass is 19.3. The van der Waals surface area contributed by atoms with Gasteiger partial charge in [0.05, 0.1) is 17.6 Å². The number of halogens is 2. The van der Waals surface area contributed by atoms with Crippen LogP contribution in [0, 0.1) is 5.92 Å². The fourth-order valence-electron chi connectivity index (χ4n) is 6.84. The molecule has 0 saturated carbocycles. The fourth-order valence-corrected chi connectivity index (χ4v) is 6.84. The molecule has 1 amide bonds. The number of carboxylic acids is 1. The van der Waals surface area contributed by atoms with Gasteiger partial charge in [-0.15, -0.1) is 0 Å². The average molecular weight is 607 g/mol. The largest absolute Gasteiger partial charge is 0.480 e. The Bertz CT molecular complexity index is 1800. The number of benzene rings is 1. The number of anilines is 1. The van der Waals surface area contributed by atoms with Gasteiger partial charge < -0.3 is 24.1 Å². The molecule has 11 nitrogen and oxygen atoms in total. The number of rotatable bonds is 6. The van der Waals surface area contributed by atoms with Gasteiger partial charge in [-0.25, -0.2) is 23.5 Å². The van der Waals surface area contributed by atoms with Gasteiger partial charge in [0, 0.05) is 44.5 Å². The number of ether oxygens (including phenoxy) is 1. The number of allylic oxidation sites excluding steroid dienone is 1. The monoisotopic (exact) mass is 606 g/mol. The van der Waals surface area contributed by atoms with Gasteiger partial charge in [0.1, 0.15) is 23.4 Å². The lowest BCUT2D eigenvalue weighted by molar-refractivity contribution is -0.138. The van der Waals surface area contributed by atoms with Crippen LogP contribution in [-0.2, 0) is 16.0 Å². The van der Waals surface area contributed by atoms with E-state index in [1.807, 2.05) is 35.2 Å². The van der Waals surface area contributed by atoms with Crippen molar-refractivity contribution < 1.29 is 32.6 Å². The van der Waals surface area contributed by atoms with E-state index >= 15 is 0 Å². The highest BCUT2D eigenvalue weighted by Gasteiger charge is 2.42. The smallest absolute Gasteiger partial charge is 0.326 e. The second kappa shape index (κ2) is 10.9. The number of carbonyl (C=O) groups is 2. The first-order valence-electron chi connectivity index (χ1n) is 14.9. The molecule has 4 aromatic rings. The minimum atomic E-state index is -2.95. The molecule has 0 unspecified atom stereocenters. The molecule has 230 valence electrons. The summed E-state index contributed by atoms with van der Waals surface area (Å²) in [5.74, 6) is -1.03. The Morgan fingerprint density at radius 3 is 2.73 bits per heavy atom. The number of piperidine rings is 1. The van der Waals surface area contributed by atoms with Gasteiger partial charge in [-0.3, -0.25) is 9.36 Å². The molecule has 5 heterocycles. The Morgan fingerprint density at radius 1 is 1.16 bits per heavy atom. The minimum absolute atomic E-state index is 0.00152. The number of furan rings is 1. The van der Waals surface area contributed by atoms with Gasteiger partial charge in [0.15, 0.2) is 17.2 Å². The molecule has 2 fully saturated rings. The van der Waals surface area contributed by atoms with Crippen LogP contribution in [0.25, 0.3) is 28.2 Å². The summed E-state index contributed by atoms with van der Waals surface area (Å²) >= 11 is 0. The van der Waals surface area contributed by atoms with Crippen LogP contribution in [0.1, 0.15) is 62.7 Å². The second-order valence-corrected chi connectivity index (χ2v) is 11.8. The van der Waals surface area contributed by atoms with E-state index in [-0.39, 0.29) is 47.8 Å². The number of amides is 1. The minimum Gasteiger partial charge on any atom is -0.480 e. The summed E-state index contributed by atoms with van der Waals surface area (Å²) < 4.78 is 42.6. The van der Waals surface area contributed by atoms with Crippen molar-refractivity contribution in [2.45, 2.75) is 64.1 Å². The summed E-state index contributed by atoms with van der Waals surface area (Å²) in [5.41, 5.74) is 2.68. The fraction of sp³-hybridized carbons (Fsp3) is 0.452. The van der Waals surface area contributed by atoms with Gasteiger partial charge >= 0.3 is 5.97 Å². The maximum absolute atomic E-state index is 14.0. The maximum atomic E-state index is 14.0. The van der Waals surface area contributed by atoms with Gasteiger partial charge in [-0.05, 0) is 30.9 Å². The summed E-state index contributed by atoms with van der Waals surface area (Å²) in [6, 6.07) is 6.94. The number of para-hydroxylation sites is 2. The van der Waals surface area contributed by atoms with Crippen LogP contribution in [0.15, 0.2) is 34.8 Å². The Balaban J connectivity index is 1.25. The van der Waals surface area contributed by atoms with Crippen molar-refractivity contribution in [2.75, 3.05) is 24.5 Å². The van der Waals surface area contributed by atoms with E-state index in [0.717, 1.165) is 17.5 Å². The van der Waals surface area contributed by atoms with Crippen molar-refractivity contribution in [2.24, 2.45) is 5.92 Å². The Hall–Kier alpha value is -4.55. The Kier molecular flexibility index (Phi) is 6.97. The third kappa shape index (κ3) is 4.74. The molecule has 2 saturated heterocycles. The molecular formula is C31H32F2N6O5. The number of carbonyl (C=O) groups excluding carboxylic acids is 1. The third-order valence-electron chi connectivity index (χ3n) is 8.96. The molecule has 44 heavy (non-hydrogen) atoms. The van der Waals surface area contributed by atoms with Crippen molar-refractivity contribution >= 4 is 45.9 Å². The van der Waals surface area contributed by atoms with Gasteiger partial charge in [0.2, 0.25) is 5.91 Å². The highest BCUT2D eigenvalue weighted by molar-refractivity contribution is 5.94. The summed E-state index contributed by atoms with van der Waals surface area (Å²) in [6.45, 7) is 4.93. The van der Waals surface area contributed by atoms with Gasteiger partial charge in [0.25, 0.3) is 12.4 Å². The Labute approximate surface area is 251 Å². The number of aryl methyl sites for hydroxylation is 1. The molecule has 3 aliphatic rings. The predicted octanol–water partition coefficient (Wildman–Crippen LogP) is 5.01. The van der Waals surface area contributed by atoms with Crippen LogP contribution in [0.5, 0.6) is 6.01 Å². The molecule has 7 rings (SSSR count). The number of fused-ring (bicyclic) bond motifs is 4. The molecule has 1 aliphatic carbocycles. The zero-order valence-electron chi connectivity index (χ0n) is 24.3. The highest BCUT2D eigenvalue weighted by Crippen LogP contribution is 2.40. The quantitative estimate of drug-likeness (QED) is 0.322. The number of hydrogen-bond donors (Lipinski definition) is 1. The van der Waals surface area contributed by atoms with Crippen LogP contribution < -0.4 is 9.64 Å². The van der Waals surface area contributed by atoms with Crippen molar-refractivity contribution in [3.8, 4) is 6.01 Å². The van der Waals surface area contributed by atoms with E-state index in [1.165, 1.54) is 4.90 Å². The number of carboxylic acid groups (broad SMARTS) is 1. The van der Waals surface area contributed by atoms with Crippen LogP contribution >= 0.6 is 0 Å². The standard InChI is InChI=1S/C31H32F2N6O5/c1-16-14-37(17(2)40)12-11-21(16)39-22-9-5-4-8-20(22)34-31(39)43-18-13-23(30(41)42)38(15-18)29-26-25(35-28(36-29)27(32)33)19-7-3-6-10-24(19)44-26/h3-5,7-9,16,18,21,23,27H,6,10-15H2,1-2H3,(H,41,42)/t16-,18+,21-,23+/m1/s1. The lowest BCUT2D eigenvalue weighted by atomic mass is 9.93. The zero-order chi connectivity index (χ0) is 30.7. The number of nitrogens with zero attached hydrogens (tertiary/aromatic N) is 6. The van der Waals surface area contributed by atoms with E-state index < -0.39 is 30.4 Å². The first-order valence-corrected chi connectivity index (χ1v) is 14.9. The molecule has 0 spiro atoms. The van der Waals surface area contributed by atoms with Crippen molar-refractivity contribution in [3.63, 3.8) is 0 Å². The number of alkyl halides is 2. The summed E-state index contributed by atoms with van der Waals surface area (Å²) in [7, 11) is 0. The summed E-state index contributed by atoms with van der Waals surface area (Å²) in [4.78, 5) is 40.9. The summed E-state index contributed by atoms with van der Waals surface area (Å²) in [5, 5.41) is 10.2. The van der Waals surface area contributed by atoms with Crippen LogP contribution in [-0.4, -0.2) is 73.2 Å². The summed E-state index contributed by atoms with van der Waals surface area (Å²) in [6.07, 6.45) is 2.24. The van der Waals surface area contributed by atoms with E-state index in [2.05, 4.69) is 21.5 Å². The number of hydrogen-bond acceptors (Lipinski definition) is 8. The molecule has 13 heteroatoms. The van der Waals surface area contributed by atoms with Crippen LogP contribution in [0.3, 0.4) is 0 Å². The van der Waals surface area contributed by atoms with E-state index in [4.69, 9.17) is 14.1 Å². The van der Waals surface area contributed by atoms with Gasteiger partial charge in [-0.2, -0.15) is 4.98 Å². The lowest BCUT2D eigenvalue weighted by Gasteiger charge is -2.37. The molecule has 0 radical (unpaired) electrons. The number of aromatic nitrogens is 4. The maximum Gasteiger partial charge on any atom is 0.326 e. The first kappa shape index (κ1) is 28.2. The van der Waals surface area contributed by atoms with Crippen molar-refractivity contribution in [1.82, 2.24) is 24.4 Å². The van der Waals surface area contributed by atoms with Crippen molar-refractivity contribution in [1.29, 1.82) is 0 Å². The predicted molar refractivity (Wildman–Crippen MR) is 157 cm³/mol. The average Bonchev–Trinajstić information content (AvgIpc) is 3.70. The van der Waals surface area contributed by atoms with E-state index in [1.54, 1.807) is 13.0 Å². The first-order chi connectivity index (χ1) is 21.2. The molecule has 0 bridgehead atoms. The number of likely N-dealkylation sites (tertiary alicyclic amines) is 1. The topological polar surface area (TPSA) is 127 Å². The molecule has 2 aliphatic heterocycles. The van der Waals surface area contributed by atoms with Crippen molar-refractivity contribution in [3.05, 3.63) is 47.5 Å². The molecular weight excluding hydrogens is 574 g/mol. The van der Waals surface area contributed by atoms with E-state index in [9.17, 15) is 23.5 Å². The zero-order valence-corrected chi connectivity index (χ0v) is 24.3.